The Morgan fingerprint density at radius 2 is 1.93 bits per heavy atom. The van der Waals surface area contributed by atoms with Gasteiger partial charge in [-0.05, 0) is 17.5 Å². The Balaban J connectivity index is 1.39. The Kier molecular flexibility index (Phi) is 5.57. The Morgan fingerprint density at radius 1 is 1.18 bits per heavy atom. The monoisotopic (exact) mass is 397 g/mol. The molecule has 0 aliphatic carbocycles. The van der Waals surface area contributed by atoms with E-state index in [4.69, 9.17) is 4.74 Å². The summed E-state index contributed by atoms with van der Waals surface area (Å²) in [7, 11) is 0. The van der Waals surface area contributed by atoms with E-state index in [1.165, 1.54) is 9.78 Å². The Labute approximate surface area is 168 Å². The molecule has 6 nitrogen and oxygen atoms in total. The third kappa shape index (κ3) is 3.73. The van der Waals surface area contributed by atoms with E-state index in [2.05, 4.69) is 28.2 Å². The van der Waals surface area contributed by atoms with Crippen molar-refractivity contribution < 1.29 is 14.3 Å². The average molecular weight is 398 g/mol. The maximum absolute atomic E-state index is 12.6. The minimum absolute atomic E-state index is 0.0212. The largest absolute Gasteiger partial charge is 0.379 e. The topological polar surface area (TPSA) is 61.9 Å². The van der Waals surface area contributed by atoms with Crippen molar-refractivity contribution in [1.29, 1.82) is 0 Å². The zero-order valence-electron chi connectivity index (χ0n) is 15.6. The lowest BCUT2D eigenvalue weighted by atomic mass is 10.1. The van der Waals surface area contributed by atoms with Crippen LogP contribution in [0.5, 0.6) is 0 Å². The van der Waals surface area contributed by atoms with Gasteiger partial charge in [-0.25, -0.2) is 0 Å². The number of rotatable bonds is 6. The first-order chi connectivity index (χ1) is 13.6. The van der Waals surface area contributed by atoms with E-state index in [0.717, 1.165) is 18.7 Å². The number of carbonyl (C=O) groups is 2. The predicted molar refractivity (Wildman–Crippen MR) is 109 cm³/mol. The number of benzene rings is 1. The smallest absolute Gasteiger partial charge is 0.259 e. The van der Waals surface area contributed by atoms with Gasteiger partial charge in [-0.2, -0.15) is 0 Å². The summed E-state index contributed by atoms with van der Waals surface area (Å²) in [5, 5.41) is 5.06. The summed E-state index contributed by atoms with van der Waals surface area (Å²) in [6, 6.07) is 11.6. The molecule has 1 fully saturated rings. The van der Waals surface area contributed by atoms with Gasteiger partial charge in [0, 0.05) is 41.3 Å². The molecule has 1 atom stereocenters. The number of ether oxygens (including phenoxy) is 1. The third-order valence-electron chi connectivity index (χ3n) is 5.19. The fourth-order valence-electron chi connectivity index (χ4n) is 3.69. The molecule has 3 heterocycles. The van der Waals surface area contributed by atoms with Crippen LogP contribution in [0, 0.1) is 0 Å². The van der Waals surface area contributed by atoms with Crippen molar-refractivity contribution in [3.8, 4) is 0 Å². The van der Waals surface area contributed by atoms with Crippen LogP contribution >= 0.6 is 11.3 Å². The maximum atomic E-state index is 12.6. The van der Waals surface area contributed by atoms with E-state index in [1.54, 1.807) is 17.4 Å². The van der Waals surface area contributed by atoms with Crippen molar-refractivity contribution in [1.82, 2.24) is 15.1 Å². The molecule has 146 valence electrons. The van der Waals surface area contributed by atoms with Crippen LogP contribution in [0.1, 0.15) is 26.8 Å². The first-order valence-corrected chi connectivity index (χ1v) is 10.2. The summed E-state index contributed by atoms with van der Waals surface area (Å²) in [5.41, 5.74) is 1.98. The summed E-state index contributed by atoms with van der Waals surface area (Å²) in [6.07, 6.45) is 0. The van der Waals surface area contributed by atoms with Gasteiger partial charge in [-0.3, -0.25) is 19.4 Å². The van der Waals surface area contributed by atoms with E-state index in [1.807, 2.05) is 24.3 Å². The molecule has 0 spiro atoms. The summed E-state index contributed by atoms with van der Waals surface area (Å²) in [4.78, 5) is 30.2. The summed E-state index contributed by atoms with van der Waals surface area (Å²) in [5.74, 6) is -0.351. The normalized spacial score (nSPS) is 18.2. The van der Waals surface area contributed by atoms with Crippen LogP contribution in [0.25, 0.3) is 5.70 Å². The molecule has 2 amide bonds. The van der Waals surface area contributed by atoms with Crippen molar-refractivity contribution in [2.75, 3.05) is 39.4 Å². The fourth-order valence-corrected chi connectivity index (χ4v) is 4.55. The lowest BCUT2D eigenvalue weighted by molar-refractivity contribution is -0.121. The minimum Gasteiger partial charge on any atom is -0.379 e. The maximum Gasteiger partial charge on any atom is 0.259 e. The molecule has 2 aliphatic heterocycles. The van der Waals surface area contributed by atoms with Crippen LogP contribution in [0.15, 0.2) is 48.4 Å². The van der Waals surface area contributed by atoms with Crippen molar-refractivity contribution in [3.63, 3.8) is 0 Å². The molecule has 2 aromatic rings. The zero-order chi connectivity index (χ0) is 19.5. The molecule has 28 heavy (non-hydrogen) atoms. The van der Waals surface area contributed by atoms with Gasteiger partial charge in [0.1, 0.15) is 6.54 Å². The van der Waals surface area contributed by atoms with E-state index in [9.17, 15) is 9.59 Å². The molecule has 7 heteroatoms. The van der Waals surface area contributed by atoms with Crippen LogP contribution in [-0.4, -0.2) is 61.0 Å². The molecule has 1 unspecified atom stereocenters. The molecule has 1 N–H and O–H groups in total. The highest BCUT2D eigenvalue weighted by atomic mass is 32.1. The van der Waals surface area contributed by atoms with Gasteiger partial charge >= 0.3 is 0 Å². The first-order valence-electron chi connectivity index (χ1n) is 9.37. The standard InChI is InChI=1S/C21H23N3O3S/c1-15-16-5-2-3-6-17(16)21(26)24(15)14-20(25)22-13-18(19-7-4-12-28-19)23-8-10-27-11-9-23/h2-7,12,18H,1,8-11,13-14H2,(H,22,25). The van der Waals surface area contributed by atoms with Gasteiger partial charge in [0.2, 0.25) is 5.91 Å². The van der Waals surface area contributed by atoms with E-state index in [-0.39, 0.29) is 24.4 Å². The number of nitrogens with one attached hydrogen (secondary N) is 1. The molecule has 1 aromatic heterocycles. The number of amides is 2. The number of nitrogens with zero attached hydrogens (tertiary/aromatic N) is 2. The van der Waals surface area contributed by atoms with E-state index < -0.39 is 0 Å². The van der Waals surface area contributed by atoms with Crippen LogP contribution in [0.4, 0.5) is 0 Å². The molecule has 1 saturated heterocycles. The third-order valence-corrected chi connectivity index (χ3v) is 6.17. The Bertz CT molecular complexity index is 840. The summed E-state index contributed by atoms with van der Waals surface area (Å²) < 4.78 is 5.46. The summed E-state index contributed by atoms with van der Waals surface area (Å²) in [6.45, 7) is 7.57. The van der Waals surface area contributed by atoms with Crippen LogP contribution in [0.2, 0.25) is 0 Å². The molecule has 0 bridgehead atoms. The molecule has 2 aliphatic rings. The van der Waals surface area contributed by atoms with Gasteiger partial charge in [-0.15, -0.1) is 11.3 Å². The molecule has 1 aromatic carbocycles. The van der Waals surface area contributed by atoms with Gasteiger partial charge < -0.3 is 10.1 Å². The second-order valence-corrected chi connectivity index (χ2v) is 7.85. The highest BCUT2D eigenvalue weighted by molar-refractivity contribution is 7.10. The van der Waals surface area contributed by atoms with Crippen LogP contribution in [-0.2, 0) is 9.53 Å². The number of hydrogen-bond donors (Lipinski definition) is 1. The number of morpholine rings is 1. The Morgan fingerprint density at radius 3 is 2.61 bits per heavy atom. The van der Waals surface area contributed by atoms with Crippen LogP contribution in [0.3, 0.4) is 0 Å². The van der Waals surface area contributed by atoms with E-state index >= 15 is 0 Å². The second-order valence-electron chi connectivity index (χ2n) is 6.87. The Hall–Kier alpha value is -2.48. The minimum atomic E-state index is -0.183. The molecule has 0 radical (unpaired) electrons. The molecule has 0 saturated carbocycles. The van der Waals surface area contributed by atoms with Gasteiger partial charge in [0.15, 0.2) is 0 Å². The zero-order valence-corrected chi connectivity index (χ0v) is 16.4. The van der Waals surface area contributed by atoms with Gasteiger partial charge in [-0.1, -0.05) is 30.8 Å². The summed E-state index contributed by atoms with van der Waals surface area (Å²) >= 11 is 1.69. The second kappa shape index (κ2) is 8.26. The predicted octanol–water partition coefficient (Wildman–Crippen LogP) is 2.36. The van der Waals surface area contributed by atoms with Crippen LogP contribution < -0.4 is 5.32 Å². The number of thiophene rings is 1. The number of carbonyl (C=O) groups excluding carboxylic acids is 2. The number of hydrogen-bond acceptors (Lipinski definition) is 5. The van der Waals surface area contributed by atoms with Crippen molar-refractivity contribution in [3.05, 3.63) is 64.4 Å². The molecular weight excluding hydrogens is 374 g/mol. The highest BCUT2D eigenvalue weighted by Crippen LogP contribution is 2.31. The highest BCUT2D eigenvalue weighted by Gasteiger charge is 2.32. The van der Waals surface area contributed by atoms with Crippen molar-refractivity contribution >= 4 is 28.8 Å². The molecule has 4 rings (SSSR count). The van der Waals surface area contributed by atoms with Gasteiger partial charge in [0.25, 0.3) is 5.91 Å². The van der Waals surface area contributed by atoms with Crippen molar-refractivity contribution in [2.24, 2.45) is 0 Å². The SMILES string of the molecule is C=C1c2ccccc2C(=O)N1CC(=O)NCC(c1cccs1)N1CCOCC1. The lowest BCUT2D eigenvalue weighted by Crippen LogP contribution is -2.45. The molecular formula is C21H23N3O3S. The lowest BCUT2D eigenvalue weighted by Gasteiger charge is -2.34. The first kappa shape index (κ1) is 18.9. The quantitative estimate of drug-likeness (QED) is 0.813. The fraction of sp³-hybridized carbons (Fsp3) is 0.333. The van der Waals surface area contributed by atoms with Crippen molar-refractivity contribution in [2.45, 2.75) is 6.04 Å². The number of fused-ring (bicyclic) bond motifs is 1. The van der Waals surface area contributed by atoms with E-state index in [0.29, 0.717) is 31.0 Å². The van der Waals surface area contributed by atoms with Gasteiger partial charge in [0.05, 0.1) is 19.3 Å². The average Bonchev–Trinajstić information content (AvgIpc) is 3.33.